The number of aryl methyl sites for hydroxylation is 1. The lowest BCUT2D eigenvalue weighted by molar-refractivity contribution is -0.146. The van der Waals surface area contributed by atoms with Crippen LogP contribution in [0.15, 0.2) is 24.3 Å². The zero-order valence-corrected chi connectivity index (χ0v) is 15.8. The van der Waals surface area contributed by atoms with Gasteiger partial charge < -0.3 is 10.2 Å². The van der Waals surface area contributed by atoms with Crippen molar-refractivity contribution in [2.24, 2.45) is 17.3 Å². The Labute approximate surface area is 156 Å². The Bertz CT molecular complexity index is 676. The van der Waals surface area contributed by atoms with Crippen molar-refractivity contribution in [3.8, 4) is 0 Å². The second kappa shape index (κ2) is 7.15. The van der Waals surface area contributed by atoms with Gasteiger partial charge in [-0.1, -0.05) is 42.7 Å². The van der Waals surface area contributed by atoms with Gasteiger partial charge in [-0.25, -0.2) is 0 Å². The Kier molecular flexibility index (Phi) is 4.87. The van der Waals surface area contributed by atoms with Gasteiger partial charge >= 0.3 is 0 Å². The highest BCUT2D eigenvalue weighted by Crippen LogP contribution is 2.45. The van der Waals surface area contributed by atoms with Crippen LogP contribution in [0.4, 0.5) is 0 Å². The summed E-state index contributed by atoms with van der Waals surface area (Å²) in [6.07, 6.45) is 6.24. The molecule has 0 bridgehead atoms. The number of rotatable bonds is 3. The molecule has 1 saturated carbocycles. The third-order valence-electron chi connectivity index (χ3n) is 6.95. The summed E-state index contributed by atoms with van der Waals surface area (Å²) >= 11 is 0. The molecule has 0 aromatic heterocycles. The first kappa shape index (κ1) is 17.7. The van der Waals surface area contributed by atoms with Gasteiger partial charge in [-0.3, -0.25) is 9.59 Å². The standard InChI is InChI=1S/C22H30N2O2/c1-16-5-7-17(8-6-16)20(25)18-9-12-24(13-10-18)21(26)22-11-3-2-4-19(22)14-23-15-22/h5-8,18-19,23H,2-4,9-15H2,1H3/t19-,22+/m0/s1. The molecule has 0 unspecified atom stereocenters. The molecule has 1 aliphatic carbocycles. The minimum absolute atomic E-state index is 0.0584. The van der Waals surface area contributed by atoms with E-state index in [4.69, 9.17) is 0 Å². The predicted octanol–water partition coefficient (Wildman–Crippen LogP) is 3.20. The Morgan fingerprint density at radius 3 is 2.54 bits per heavy atom. The third-order valence-corrected chi connectivity index (χ3v) is 6.95. The first-order valence-electron chi connectivity index (χ1n) is 10.2. The fourth-order valence-corrected chi connectivity index (χ4v) is 5.28. The average molecular weight is 354 g/mol. The average Bonchev–Trinajstić information content (AvgIpc) is 3.13. The summed E-state index contributed by atoms with van der Waals surface area (Å²) in [7, 11) is 0. The Morgan fingerprint density at radius 1 is 1.08 bits per heavy atom. The van der Waals surface area contributed by atoms with Gasteiger partial charge in [-0.15, -0.1) is 0 Å². The number of fused-ring (bicyclic) bond motifs is 1. The number of ketones is 1. The molecule has 2 aliphatic heterocycles. The number of carbonyl (C=O) groups excluding carboxylic acids is 2. The topological polar surface area (TPSA) is 49.4 Å². The van der Waals surface area contributed by atoms with Crippen molar-refractivity contribution in [1.82, 2.24) is 10.2 Å². The van der Waals surface area contributed by atoms with E-state index < -0.39 is 0 Å². The number of likely N-dealkylation sites (tertiary alicyclic amines) is 1. The lowest BCUT2D eigenvalue weighted by Gasteiger charge is -2.42. The molecule has 2 heterocycles. The van der Waals surface area contributed by atoms with E-state index in [2.05, 4.69) is 10.2 Å². The molecule has 2 atom stereocenters. The molecular formula is C22H30N2O2. The molecule has 1 aromatic carbocycles. The Hall–Kier alpha value is -1.68. The second-order valence-corrected chi connectivity index (χ2v) is 8.53. The fraction of sp³-hybridized carbons (Fsp3) is 0.636. The van der Waals surface area contributed by atoms with Crippen LogP contribution in [-0.2, 0) is 4.79 Å². The van der Waals surface area contributed by atoms with Crippen molar-refractivity contribution in [1.29, 1.82) is 0 Å². The molecule has 4 nitrogen and oxygen atoms in total. The van der Waals surface area contributed by atoms with Crippen LogP contribution in [0.2, 0.25) is 0 Å². The molecule has 3 fully saturated rings. The molecule has 4 rings (SSSR count). The number of carbonyl (C=O) groups is 2. The van der Waals surface area contributed by atoms with Gasteiger partial charge in [0.2, 0.25) is 5.91 Å². The van der Waals surface area contributed by atoms with Gasteiger partial charge in [0, 0.05) is 31.1 Å². The SMILES string of the molecule is Cc1ccc(C(=O)C2CCN(C(=O)[C@@]34CCCC[C@H]3CNC4)CC2)cc1. The largest absolute Gasteiger partial charge is 0.342 e. The summed E-state index contributed by atoms with van der Waals surface area (Å²) in [6, 6.07) is 7.87. The first-order chi connectivity index (χ1) is 12.6. The number of benzene rings is 1. The van der Waals surface area contributed by atoms with E-state index >= 15 is 0 Å². The highest BCUT2D eigenvalue weighted by molar-refractivity contribution is 5.98. The van der Waals surface area contributed by atoms with Crippen LogP contribution in [-0.4, -0.2) is 42.8 Å². The monoisotopic (exact) mass is 354 g/mol. The van der Waals surface area contributed by atoms with E-state index in [0.717, 1.165) is 51.0 Å². The van der Waals surface area contributed by atoms with Crippen LogP contribution in [0.1, 0.15) is 54.4 Å². The molecule has 140 valence electrons. The van der Waals surface area contributed by atoms with Crippen molar-refractivity contribution >= 4 is 11.7 Å². The summed E-state index contributed by atoms with van der Waals surface area (Å²) in [5.41, 5.74) is 1.83. The van der Waals surface area contributed by atoms with E-state index in [9.17, 15) is 9.59 Å². The Balaban J connectivity index is 1.39. The molecule has 4 heteroatoms. The molecule has 1 aromatic rings. The number of hydrogen-bond acceptors (Lipinski definition) is 3. The number of Topliss-reactive ketones (excluding diaryl/α,β-unsaturated/α-hetero) is 1. The summed E-state index contributed by atoms with van der Waals surface area (Å²) in [6.45, 7) is 5.34. The van der Waals surface area contributed by atoms with Crippen LogP contribution in [0.3, 0.4) is 0 Å². The van der Waals surface area contributed by atoms with Crippen LogP contribution >= 0.6 is 0 Å². The summed E-state index contributed by atoms with van der Waals surface area (Å²) in [5, 5.41) is 3.48. The lowest BCUT2D eigenvalue weighted by Crippen LogP contribution is -2.52. The Morgan fingerprint density at radius 2 is 1.81 bits per heavy atom. The summed E-state index contributed by atoms with van der Waals surface area (Å²) in [4.78, 5) is 28.2. The van der Waals surface area contributed by atoms with Gasteiger partial charge in [0.1, 0.15) is 0 Å². The van der Waals surface area contributed by atoms with E-state index in [1.54, 1.807) is 0 Å². The number of nitrogens with zero attached hydrogens (tertiary/aromatic N) is 1. The smallest absolute Gasteiger partial charge is 0.230 e. The molecule has 26 heavy (non-hydrogen) atoms. The fourth-order valence-electron chi connectivity index (χ4n) is 5.28. The van der Waals surface area contributed by atoms with E-state index in [0.29, 0.717) is 11.8 Å². The molecule has 1 amide bonds. The van der Waals surface area contributed by atoms with Crippen LogP contribution < -0.4 is 5.32 Å². The first-order valence-corrected chi connectivity index (χ1v) is 10.2. The molecule has 0 radical (unpaired) electrons. The summed E-state index contributed by atoms with van der Waals surface area (Å²) in [5.74, 6) is 1.17. The van der Waals surface area contributed by atoms with Crippen LogP contribution in [0.5, 0.6) is 0 Å². The van der Waals surface area contributed by atoms with Crippen molar-refractivity contribution in [3.63, 3.8) is 0 Å². The maximum atomic E-state index is 13.3. The molecule has 3 aliphatic rings. The van der Waals surface area contributed by atoms with E-state index in [1.807, 2.05) is 31.2 Å². The van der Waals surface area contributed by atoms with E-state index in [-0.39, 0.29) is 17.1 Å². The minimum Gasteiger partial charge on any atom is -0.342 e. The zero-order valence-electron chi connectivity index (χ0n) is 15.8. The van der Waals surface area contributed by atoms with Gasteiger partial charge in [0.05, 0.1) is 5.41 Å². The van der Waals surface area contributed by atoms with Crippen molar-refractivity contribution in [2.75, 3.05) is 26.2 Å². The number of hydrogen-bond donors (Lipinski definition) is 1. The van der Waals surface area contributed by atoms with Gasteiger partial charge in [0.25, 0.3) is 0 Å². The van der Waals surface area contributed by atoms with Crippen molar-refractivity contribution in [3.05, 3.63) is 35.4 Å². The predicted molar refractivity (Wildman–Crippen MR) is 102 cm³/mol. The normalized spacial score (nSPS) is 29.4. The van der Waals surface area contributed by atoms with Gasteiger partial charge in [0.15, 0.2) is 5.78 Å². The number of nitrogens with one attached hydrogen (secondary N) is 1. The maximum absolute atomic E-state index is 13.3. The quantitative estimate of drug-likeness (QED) is 0.848. The van der Waals surface area contributed by atoms with Crippen LogP contribution in [0.25, 0.3) is 0 Å². The zero-order chi connectivity index (χ0) is 18.1. The maximum Gasteiger partial charge on any atom is 0.230 e. The number of piperidine rings is 1. The molecule has 2 saturated heterocycles. The van der Waals surface area contributed by atoms with Crippen molar-refractivity contribution < 1.29 is 9.59 Å². The van der Waals surface area contributed by atoms with Crippen molar-refractivity contribution in [2.45, 2.75) is 45.4 Å². The molecular weight excluding hydrogens is 324 g/mol. The molecule has 0 spiro atoms. The van der Waals surface area contributed by atoms with Gasteiger partial charge in [-0.05, 0) is 45.1 Å². The highest BCUT2D eigenvalue weighted by atomic mass is 16.2. The minimum atomic E-state index is -0.161. The lowest BCUT2D eigenvalue weighted by atomic mass is 9.67. The second-order valence-electron chi connectivity index (χ2n) is 8.53. The van der Waals surface area contributed by atoms with Crippen LogP contribution in [0, 0.1) is 24.2 Å². The van der Waals surface area contributed by atoms with Gasteiger partial charge in [-0.2, -0.15) is 0 Å². The highest BCUT2D eigenvalue weighted by Gasteiger charge is 2.51. The van der Waals surface area contributed by atoms with E-state index in [1.165, 1.54) is 24.8 Å². The number of amides is 1. The summed E-state index contributed by atoms with van der Waals surface area (Å²) < 4.78 is 0. The third kappa shape index (κ3) is 3.09. The molecule has 1 N–H and O–H groups in total.